The topological polar surface area (TPSA) is 53.4 Å². The largest absolute Gasteiger partial charge is 0.478 e. The van der Waals surface area contributed by atoms with Crippen molar-refractivity contribution in [3.8, 4) is 0 Å². The van der Waals surface area contributed by atoms with E-state index in [-0.39, 0.29) is 0 Å². The van der Waals surface area contributed by atoms with Crippen LogP contribution < -0.4 is 0 Å². The minimum atomic E-state index is -0.881. The Hall–Kier alpha value is -1.07. The Morgan fingerprint density at radius 3 is 2.74 bits per heavy atom. The summed E-state index contributed by atoms with van der Waals surface area (Å²) in [6.45, 7) is 7.10. The van der Waals surface area contributed by atoms with Crippen molar-refractivity contribution in [3.63, 3.8) is 0 Å². The molecule has 1 aromatic heterocycles. The summed E-state index contributed by atoms with van der Waals surface area (Å²) in [5.41, 5.74) is 2.03. The predicted octanol–water partition coefficient (Wildman–Crippen LogP) is 2.58. The number of pyridine rings is 1. The van der Waals surface area contributed by atoms with Crippen LogP contribution in [0.25, 0.3) is 0 Å². The zero-order valence-corrected chi connectivity index (χ0v) is 12.3. The molecule has 0 unspecified atom stereocenters. The molecule has 19 heavy (non-hydrogen) atoms. The number of nitrogens with zero attached hydrogens (tertiary/aromatic N) is 2. The molecule has 1 aromatic rings. The first-order chi connectivity index (χ1) is 9.08. The van der Waals surface area contributed by atoms with Crippen molar-refractivity contribution >= 4 is 17.7 Å². The molecule has 104 valence electrons. The molecule has 5 heteroatoms. The summed E-state index contributed by atoms with van der Waals surface area (Å²) >= 11 is 1.56. The molecule has 2 rings (SSSR count). The van der Waals surface area contributed by atoms with Gasteiger partial charge in [-0.2, -0.15) is 0 Å². The first-order valence-electron chi connectivity index (χ1n) is 6.64. The van der Waals surface area contributed by atoms with Gasteiger partial charge in [-0.3, -0.25) is 0 Å². The van der Waals surface area contributed by atoms with E-state index in [9.17, 15) is 9.90 Å². The van der Waals surface area contributed by atoms with Gasteiger partial charge >= 0.3 is 5.97 Å². The normalized spacial score (nSPS) is 15.9. The van der Waals surface area contributed by atoms with Gasteiger partial charge in [-0.1, -0.05) is 0 Å². The number of rotatable bonds is 5. The van der Waals surface area contributed by atoms with Crippen molar-refractivity contribution in [2.24, 2.45) is 0 Å². The molecule has 0 bridgehead atoms. The highest BCUT2D eigenvalue weighted by Gasteiger charge is 2.17. The van der Waals surface area contributed by atoms with Crippen LogP contribution in [0.3, 0.4) is 0 Å². The zero-order chi connectivity index (χ0) is 13.8. The van der Waals surface area contributed by atoms with Crippen molar-refractivity contribution < 1.29 is 9.90 Å². The molecule has 4 nitrogen and oxygen atoms in total. The third kappa shape index (κ3) is 3.70. The lowest BCUT2D eigenvalue weighted by molar-refractivity contribution is 0.0691. The number of thioether (sulfide) groups is 1. The predicted molar refractivity (Wildman–Crippen MR) is 77.1 cm³/mol. The summed E-state index contributed by atoms with van der Waals surface area (Å²) in [6, 6.07) is 1.83. The van der Waals surface area contributed by atoms with Crippen LogP contribution in [0.4, 0.5) is 0 Å². The van der Waals surface area contributed by atoms with Gasteiger partial charge in [0, 0.05) is 18.0 Å². The second-order valence-electron chi connectivity index (χ2n) is 4.96. The number of likely N-dealkylation sites (tertiary alicyclic amines) is 1. The molecule has 0 aliphatic carbocycles. The summed E-state index contributed by atoms with van der Waals surface area (Å²) in [7, 11) is 0. The van der Waals surface area contributed by atoms with E-state index in [1.165, 1.54) is 25.9 Å². The molecule has 1 aliphatic rings. The first-order valence-corrected chi connectivity index (χ1v) is 7.63. The van der Waals surface area contributed by atoms with Gasteiger partial charge in [0.15, 0.2) is 0 Å². The number of aryl methyl sites for hydroxylation is 2. The number of carboxylic acid groups (broad SMARTS) is 1. The molecule has 1 fully saturated rings. The highest BCUT2D eigenvalue weighted by Crippen LogP contribution is 2.24. The monoisotopic (exact) mass is 280 g/mol. The molecule has 1 N–H and O–H groups in total. The molecular weight excluding hydrogens is 260 g/mol. The Balaban J connectivity index is 2.03. The van der Waals surface area contributed by atoms with Crippen LogP contribution in [0.1, 0.15) is 34.5 Å². The van der Waals surface area contributed by atoms with Crippen LogP contribution >= 0.6 is 11.8 Å². The van der Waals surface area contributed by atoms with Gasteiger partial charge in [-0.25, -0.2) is 9.78 Å². The lowest BCUT2D eigenvalue weighted by atomic mass is 10.1. The highest BCUT2D eigenvalue weighted by atomic mass is 32.2. The number of hydrogen-bond donors (Lipinski definition) is 1. The fraction of sp³-hybridized carbons (Fsp3) is 0.571. The van der Waals surface area contributed by atoms with Gasteiger partial charge in [0.25, 0.3) is 0 Å². The lowest BCUT2D eigenvalue weighted by Crippen LogP contribution is -2.22. The molecule has 1 saturated heterocycles. The zero-order valence-electron chi connectivity index (χ0n) is 11.5. The molecule has 0 spiro atoms. The van der Waals surface area contributed by atoms with Gasteiger partial charge in [0.1, 0.15) is 5.03 Å². The number of aromatic carboxylic acids is 1. The van der Waals surface area contributed by atoms with Crippen molar-refractivity contribution in [1.82, 2.24) is 9.88 Å². The molecule has 0 saturated carbocycles. The smallest absolute Gasteiger partial charge is 0.338 e. The fourth-order valence-electron chi connectivity index (χ4n) is 2.44. The van der Waals surface area contributed by atoms with Crippen molar-refractivity contribution in [1.29, 1.82) is 0 Å². The van der Waals surface area contributed by atoms with Gasteiger partial charge < -0.3 is 10.0 Å². The summed E-state index contributed by atoms with van der Waals surface area (Å²) in [5.74, 6) is 0.0181. The fourth-order valence-corrected chi connectivity index (χ4v) is 3.59. The average Bonchev–Trinajstić information content (AvgIpc) is 2.80. The molecule has 0 atom stereocenters. The van der Waals surface area contributed by atoms with Gasteiger partial charge in [0.2, 0.25) is 0 Å². The van der Waals surface area contributed by atoms with Crippen LogP contribution in [0.5, 0.6) is 0 Å². The maximum atomic E-state index is 11.3. The van der Waals surface area contributed by atoms with Crippen molar-refractivity contribution in [2.75, 3.05) is 25.4 Å². The molecular formula is C14H20N2O2S. The van der Waals surface area contributed by atoms with E-state index in [1.807, 2.05) is 19.9 Å². The Labute approximate surface area is 118 Å². The van der Waals surface area contributed by atoms with Crippen LogP contribution in [0.2, 0.25) is 0 Å². The number of carbonyl (C=O) groups is 1. The summed E-state index contributed by atoms with van der Waals surface area (Å²) < 4.78 is 0. The van der Waals surface area contributed by atoms with E-state index >= 15 is 0 Å². The maximum absolute atomic E-state index is 11.3. The number of carboxylic acids is 1. The Morgan fingerprint density at radius 2 is 2.11 bits per heavy atom. The SMILES string of the molecule is Cc1cc(C)c(C(=O)O)c(SCCN2CCCC2)n1. The lowest BCUT2D eigenvalue weighted by Gasteiger charge is -2.14. The third-order valence-electron chi connectivity index (χ3n) is 3.37. The Morgan fingerprint density at radius 1 is 1.42 bits per heavy atom. The highest BCUT2D eigenvalue weighted by molar-refractivity contribution is 7.99. The third-order valence-corrected chi connectivity index (χ3v) is 4.33. The first kappa shape index (κ1) is 14.3. The van der Waals surface area contributed by atoms with Crippen LogP contribution in [0, 0.1) is 13.8 Å². The second kappa shape index (κ2) is 6.39. The quantitative estimate of drug-likeness (QED) is 0.840. The summed E-state index contributed by atoms with van der Waals surface area (Å²) in [4.78, 5) is 18.1. The summed E-state index contributed by atoms with van der Waals surface area (Å²) in [5, 5.41) is 9.94. The molecule has 0 radical (unpaired) electrons. The maximum Gasteiger partial charge on any atom is 0.338 e. The second-order valence-corrected chi connectivity index (χ2v) is 6.05. The van der Waals surface area contributed by atoms with E-state index < -0.39 is 5.97 Å². The Bertz CT molecular complexity index is 471. The van der Waals surface area contributed by atoms with Gasteiger partial charge in [-0.15, -0.1) is 11.8 Å². The Kier molecular flexibility index (Phi) is 4.82. The van der Waals surface area contributed by atoms with Crippen LogP contribution in [-0.2, 0) is 0 Å². The minimum absolute atomic E-state index is 0.358. The minimum Gasteiger partial charge on any atom is -0.478 e. The van der Waals surface area contributed by atoms with Crippen LogP contribution in [-0.4, -0.2) is 46.3 Å². The van der Waals surface area contributed by atoms with E-state index in [2.05, 4.69) is 9.88 Å². The summed E-state index contributed by atoms with van der Waals surface area (Å²) in [6.07, 6.45) is 2.57. The molecule has 0 aromatic carbocycles. The molecule has 0 amide bonds. The van der Waals surface area contributed by atoms with Gasteiger partial charge in [-0.05, 0) is 51.4 Å². The van der Waals surface area contributed by atoms with Crippen molar-refractivity contribution in [3.05, 3.63) is 22.9 Å². The number of hydrogen-bond acceptors (Lipinski definition) is 4. The van der Waals surface area contributed by atoms with Crippen molar-refractivity contribution in [2.45, 2.75) is 31.7 Å². The molecule has 2 heterocycles. The van der Waals surface area contributed by atoms with E-state index in [4.69, 9.17) is 0 Å². The van der Waals surface area contributed by atoms with Crippen LogP contribution in [0.15, 0.2) is 11.1 Å². The van der Waals surface area contributed by atoms with Gasteiger partial charge in [0.05, 0.1) is 5.56 Å². The standard InChI is InChI=1S/C14H20N2O2S/c1-10-9-11(2)15-13(12(10)14(17)18)19-8-7-16-5-3-4-6-16/h9H,3-8H2,1-2H3,(H,17,18). The van der Waals surface area contributed by atoms with E-state index in [0.717, 1.165) is 23.6 Å². The van der Waals surface area contributed by atoms with E-state index in [0.29, 0.717) is 10.6 Å². The number of aromatic nitrogens is 1. The average molecular weight is 280 g/mol. The van der Waals surface area contributed by atoms with E-state index in [1.54, 1.807) is 11.8 Å². The molecule has 1 aliphatic heterocycles.